The van der Waals surface area contributed by atoms with E-state index in [1.165, 1.54) is 0 Å². The highest BCUT2D eigenvalue weighted by atomic mass is 16.6. The van der Waals surface area contributed by atoms with Crippen LogP contribution >= 0.6 is 0 Å². The van der Waals surface area contributed by atoms with Gasteiger partial charge in [-0.05, 0) is 41.5 Å². The quantitative estimate of drug-likeness (QED) is 0.339. The lowest BCUT2D eigenvalue weighted by atomic mass is 9.99. The maximum Gasteiger partial charge on any atom is 0.411 e. The number of likely N-dealkylation sites (tertiary alicyclic amines) is 2. The Morgan fingerprint density at radius 3 is 1.74 bits per heavy atom. The Morgan fingerprint density at radius 1 is 0.857 bits per heavy atom. The van der Waals surface area contributed by atoms with E-state index in [2.05, 4.69) is 11.8 Å². The molecule has 0 aromatic carbocycles. The molecule has 0 aliphatic carbocycles. The normalized spacial score (nSPS) is 28.6. The molecule has 4 atom stereocenters. The van der Waals surface area contributed by atoms with E-state index >= 15 is 0 Å². The van der Waals surface area contributed by atoms with Crippen LogP contribution in [0.3, 0.4) is 0 Å². The maximum atomic E-state index is 13.2. The standard InChI is InChI=1S/C24H32N2O9/c1-9-23(32)11-16(25(13-23)19(30)34-21(3,4)5)18(29)33-24(10-2)12-15(17(27)28)26(14-24)20(31)35-22(6,7)8/h1-2,15-16,32H,11-14H2,3-8H3,(H,27,28)/t15-,16-,23+,24-/m1/s1. The number of β-amino-alcohol motifs (C(OH)–C–C–N with tert-alkyl or cyclic N) is 1. The number of hydrogen-bond donors (Lipinski definition) is 2. The molecule has 0 aromatic heterocycles. The molecule has 11 nitrogen and oxygen atoms in total. The second-order valence-electron chi connectivity index (χ2n) is 10.7. The molecule has 0 bridgehead atoms. The van der Waals surface area contributed by atoms with E-state index in [9.17, 15) is 29.4 Å². The van der Waals surface area contributed by atoms with E-state index in [-0.39, 0.29) is 13.0 Å². The summed E-state index contributed by atoms with van der Waals surface area (Å²) in [6.45, 7) is 8.90. The second-order valence-corrected chi connectivity index (χ2v) is 10.7. The first-order valence-corrected chi connectivity index (χ1v) is 11.0. The molecule has 192 valence electrons. The van der Waals surface area contributed by atoms with E-state index in [4.69, 9.17) is 27.1 Å². The lowest BCUT2D eigenvalue weighted by Gasteiger charge is -2.30. The maximum absolute atomic E-state index is 13.2. The summed E-state index contributed by atoms with van der Waals surface area (Å²) in [5.74, 6) is 2.08. The van der Waals surface area contributed by atoms with Gasteiger partial charge in [0.2, 0.25) is 0 Å². The third kappa shape index (κ3) is 6.58. The Bertz CT molecular complexity index is 981. The molecule has 2 saturated heterocycles. The summed E-state index contributed by atoms with van der Waals surface area (Å²) in [4.78, 5) is 52.2. The van der Waals surface area contributed by atoms with Crippen molar-refractivity contribution in [2.45, 2.75) is 88.9 Å². The molecular weight excluding hydrogens is 460 g/mol. The number of rotatable bonds is 3. The zero-order chi connectivity index (χ0) is 27.0. The number of nitrogens with zero attached hydrogens (tertiary/aromatic N) is 2. The van der Waals surface area contributed by atoms with E-state index in [0.29, 0.717) is 0 Å². The van der Waals surface area contributed by atoms with Crippen molar-refractivity contribution in [2.75, 3.05) is 13.1 Å². The fourth-order valence-corrected chi connectivity index (χ4v) is 3.79. The van der Waals surface area contributed by atoms with Gasteiger partial charge in [-0.15, -0.1) is 12.8 Å². The fourth-order valence-electron chi connectivity index (χ4n) is 3.79. The molecule has 2 aliphatic heterocycles. The number of ether oxygens (including phenoxy) is 3. The van der Waals surface area contributed by atoms with Gasteiger partial charge in [-0.2, -0.15) is 0 Å². The first kappa shape index (κ1) is 27.8. The number of esters is 1. The highest BCUT2D eigenvalue weighted by Gasteiger charge is 2.55. The molecule has 11 heteroatoms. The van der Waals surface area contributed by atoms with Crippen LogP contribution in [0.1, 0.15) is 54.4 Å². The van der Waals surface area contributed by atoms with Gasteiger partial charge in [-0.3, -0.25) is 9.80 Å². The van der Waals surface area contributed by atoms with Crippen LogP contribution in [0.2, 0.25) is 0 Å². The number of carbonyl (C=O) groups is 4. The number of terminal acetylenes is 2. The smallest absolute Gasteiger partial charge is 0.411 e. The molecule has 2 amide bonds. The topological polar surface area (TPSA) is 143 Å². The third-order valence-electron chi connectivity index (χ3n) is 5.31. The van der Waals surface area contributed by atoms with Crippen LogP contribution in [0.15, 0.2) is 0 Å². The van der Waals surface area contributed by atoms with Crippen LogP contribution in [0.5, 0.6) is 0 Å². The largest absolute Gasteiger partial charge is 0.480 e. The number of amides is 2. The molecule has 2 fully saturated rings. The molecule has 2 aliphatic rings. The van der Waals surface area contributed by atoms with Gasteiger partial charge in [0.1, 0.15) is 28.9 Å². The molecular formula is C24H32N2O9. The first-order chi connectivity index (χ1) is 15.8. The predicted octanol–water partition coefficient (Wildman–Crippen LogP) is 1.37. The van der Waals surface area contributed by atoms with Gasteiger partial charge in [-0.25, -0.2) is 19.2 Å². The number of carboxylic acids is 1. The molecule has 2 N–H and O–H groups in total. The van der Waals surface area contributed by atoms with Crippen molar-refractivity contribution in [3.8, 4) is 24.7 Å². The number of aliphatic hydroxyl groups is 1. The SMILES string of the molecule is C#C[C@]1(O)C[C@H](C(=O)O[C@]2(C#C)C[C@H](C(=O)O)N(C(=O)OC(C)(C)C)C2)N(C(=O)OC(C)(C)C)C1. The summed E-state index contributed by atoms with van der Waals surface area (Å²) < 4.78 is 16.1. The first-order valence-electron chi connectivity index (χ1n) is 11.0. The second kappa shape index (κ2) is 9.31. The van der Waals surface area contributed by atoms with Crippen molar-refractivity contribution in [1.82, 2.24) is 9.80 Å². The van der Waals surface area contributed by atoms with Crippen LogP contribution in [0.4, 0.5) is 9.59 Å². The minimum Gasteiger partial charge on any atom is -0.480 e. The summed E-state index contributed by atoms with van der Waals surface area (Å²) in [6, 6.07) is -2.77. The van der Waals surface area contributed by atoms with Crippen molar-refractivity contribution >= 4 is 24.1 Å². The van der Waals surface area contributed by atoms with Gasteiger partial charge < -0.3 is 24.4 Å². The Kier molecular flexibility index (Phi) is 7.39. The van der Waals surface area contributed by atoms with Crippen molar-refractivity contribution in [3.63, 3.8) is 0 Å². The van der Waals surface area contributed by atoms with E-state index in [1.54, 1.807) is 41.5 Å². The van der Waals surface area contributed by atoms with E-state index < -0.39 is 71.6 Å². The lowest BCUT2D eigenvalue weighted by molar-refractivity contribution is -0.159. The summed E-state index contributed by atoms with van der Waals surface area (Å²) in [6.07, 6.45) is 8.46. The molecule has 2 heterocycles. The summed E-state index contributed by atoms with van der Waals surface area (Å²) in [5, 5.41) is 20.2. The summed E-state index contributed by atoms with van der Waals surface area (Å²) in [5.41, 5.74) is -5.43. The fraction of sp³-hybridized carbons (Fsp3) is 0.667. The predicted molar refractivity (Wildman–Crippen MR) is 122 cm³/mol. The molecule has 0 aromatic rings. The van der Waals surface area contributed by atoms with Gasteiger partial charge in [0.05, 0.1) is 13.1 Å². The lowest BCUT2D eigenvalue weighted by Crippen LogP contribution is -2.48. The minimum atomic E-state index is -1.81. The van der Waals surface area contributed by atoms with Crippen LogP contribution in [0, 0.1) is 24.7 Å². The molecule has 0 unspecified atom stereocenters. The number of aliphatic carboxylic acids is 1. The molecule has 0 spiro atoms. The Balaban J connectivity index is 2.31. The molecule has 2 rings (SSSR count). The van der Waals surface area contributed by atoms with Crippen molar-refractivity contribution < 1.29 is 43.6 Å². The molecule has 35 heavy (non-hydrogen) atoms. The third-order valence-corrected chi connectivity index (χ3v) is 5.31. The summed E-state index contributed by atoms with van der Waals surface area (Å²) in [7, 11) is 0. The van der Waals surface area contributed by atoms with Crippen LogP contribution in [-0.4, -0.2) is 91.7 Å². The van der Waals surface area contributed by atoms with Gasteiger partial charge in [0.25, 0.3) is 0 Å². The van der Waals surface area contributed by atoms with Crippen molar-refractivity contribution in [3.05, 3.63) is 0 Å². The zero-order valence-electron chi connectivity index (χ0n) is 20.8. The minimum absolute atomic E-state index is 0.347. The highest BCUT2D eigenvalue weighted by Crippen LogP contribution is 2.35. The molecule has 0 saturated carbocycles. The molecule has 0 radical (unpaired) electrons. The number of carboxylic acid groups (broad SMARTS) is 1. The van der Waals surface area contributed by atoms with Gasteiger partial charge in [0.15, 0.2) is 5.60 Å². The number of hydrogen-bond acceptors (Lipinski definition) is 8. The average Bonchev–Trinajstić information content (AvgIpc) is 3.25. The Hall–Kier alpha value is -3.44. The van der Waals surface area contributed by atoms with Crippen LogP contribution in [0.25, 0.3) is 0 Å². The summed E-state index contributed by atoms with van der Waals surface area (Å²) >= 11 is 0. The van der Waals surface area contributed by atoms with Crippen molar-refractivity contribution in [2.24, 2.45) is 0 Å². The Morgan fingerprint density at radius 2 is 1.34 bits per heavy atom. The Labute approximate surface area is 204 Å². The van der Waals surface area contributed by atoms with Crippen LogP contribution in [-0.2, 0) is 23.8 Å². The number of carbonyl (C=O) groups excluding carboxylic acids is 3. The van der Waals surface area contributed by atoms with E-state index in [1.807, 2.05) is 0 Å². The van der Waals surface area contributed by atoms with Crippen molar-refractivity contribution in [1.29, 1.82) is 0 Å². The van der Waals surface area contributed by atoms with Gasteiger partial charge in [-0.1, -0.05) is 11.8 Å². The van der Waals surface area contributed by atoms with E-state index in [0.717, 1.165) is 9.80 Å². The zero-order valence-corrected chi connectivity index (χ0v) is 20.8. The highest BCUT2D eigenvalue weighted by molar-refractivity contribution is 5.85. The van der Waals surface area contributed by atoms with Gasteiger partial charge >= 0.3 is 24.1 Å². The average molecular weight is 493 g/mol. The van der Waals surface area contributed by atoms with Crippen LogP contribution < -0.4 is 0 Å². The van der Waals surface area contributed by atoms with Gasteiger partial charge in [0, 0.05) is 12.8 Å². The monoisotopic (exact) mass is 492 g/mol.